The van der Waals surface area contributed by atoms with E-state index >= 15 is 0 Å². The third kappa shape index (κ3) is 1.67. The molecule has 2 heterocycles. The van der Waals surface area contributed by atoms with Gasteiger partial charge in [0.1, 0.15) is 5.76 Å². The Morgan fingerprint density at radius 2 is 2.15 bits per heavy atom. The average Bonchev–Trinajstić information content (AvgIpc) is 2.72. The molecule has 0 N–H and O–H groups in total. The molecule has 0 atom stereocenters. The van der Waals surface area contributed by atoms with Gasteiger partial charge in [-0.2, -0.15) is 0 Å². The molecule has 2 rings (SSSR count). The van der Waals surface area contributed by atoms with Gasteiger partial charge in [-0.3, -0.25) is 0 Å². The summed E-state index contributed by atoms with van der Waals surface area (Å²) in [5, 5.41) is 0.955. The van der Waals surface area contributed by atoms with Crippen LogP contribution in [-0.2, 0) is 10.2 Å². The summed E-state index contributed by atoms with van der Waals surface area (Å²) in [5.74, 6) is 1.09. The van der Waals surface area contributed by atoms with Crippen molar-refractivity contribution >= 4 is 15.9 Å². The Morgan fingerprint density at radius 1 is 1.38 bits per heavy atom. The van der Waals surface area contributed by atoms with E-state index in [0.717, 1.165) is 37.1 Å². The van der Waals surface area contributed by atoms with Crippen LogP contribution < -0.4 is 0 Å². The standard InChI is InChI=1S/C10H13BrO2/c11-8-10(3-6-12-7-4-10)9-2-1-5-13-9/h1-2,5H,3-4,6-8H2. The Hall–Kier alpha value is -0.280. The highest BCUT2D eigenvalue weighted by Gasteiger charge is 2.35. The fourth-order valence-electron chi connectivity index (χ4n) is 1.79. The third-order valence-electron chi connectivity index (χ3n) is 2.75. The van der Waals surface area contributed by atoms with Crippen molar-refractivity contribution in [3.63, 3.8) is 0 Å². The Morgan fingerprint density at radius 3 is 2.69 bits per heavy atom. The Labute approximate surface area is 86.4 Å². The van der Waals surface area contributed by atoms with Crippen LogP contribution in [-0.4, -0.2) is 18.5 Å². The highest BCUT2D eigenvalue weighted by molar-refractivity contribution is 9.09. The molecule has 1 aromatic rings. The molecule has 1 fully saturated rings. The molecular formula is C10H13BrO2. The van der Waals surface area contributed by atoms with Crippen LogP contribution in [0.1, 0.15) is 18.6 Å². The minimum atomic E-state index is 0.168. The minimum absolute atomic E-state index is 0.168. The lowest BCUT2D eigenvalue weighted by Gasteiger charge is -2.33. The SMILES string of the molecule is BrCC1(c2ccco2)CCOCC1. The summed E-state index contributed by atoms with van der Waals surface area (Å²) in [6.45, 7) is 1.68. The first-order chi connectivity index (χ1) is 6.37. The van der Waals surface area contributed by atoms with E-state index in [9.17, 15) is 0 Å². The molecule has 0 aromatic carbocycles. The molecule has 0 radical (unpaired) electrons. The second kappa shape index (κ2) is 3.84. The van der Waals surface area contributed by atoms with E-state index in [-0.39, 0.29) is 5.41 Å². The molecule has 0 saturated carbocycles. The zero-order valence-corrected chi connectivity index (χ0v) is 9.05. The van der Waals surface area contributed by atoms with Gasteiger partial charge < -0.3 is 9.15 Å². The highest BCUT2D eigenvalue weighted by Crippen LogP contribution is 2.36. The van der Waals surface area contributed by atoms with Crippen molar-refractivity contribution in [2.45, 2.75) is 18.3 Å². The number of furan rings is 1. The molecule has 0 spiro atoms. The van der Waals surface area contributed by atoms with Crippen LogP contribution in [0.2, 0.25) is 0 Å². The lowest BCUT2D eigenvalue weighted by molar-refractivity contribution is 0.0511. The molecule has 0 bridgehead atoms. The quantitative estimate of drug-likeness (QED) is 0.747. The normalized spacial score (nSPS) is 21.6. The van der Waals surface area contributed by atoms with Crippen molar-refractivity contribution < 1.29 is 9.15 Å². The van der Waals surface area contributed by atoms with Crippen LogP contribution in [0, 0.1) is 0 Å². The number of ether oxygens (including phenoxy) is 1. The molecule has 0 amide bonds. The van der Waals surface area contributed by atoms with Gasteiger partial charge in [0, 0.05) is 24.0 Å². The fraction of sp³-hybridized carbons (Fsp3) is 0.600. The van der Waals surface area contributed by atoms with Crippen LogP contribution in [0.3, 0.4) is 0 Å². The van der Waals surface area contributed by atoms with Crippen molar-refractivity contribution in [1.82, 2.24) is 0 Å². The summed E-state index contributed by atoms with van der Waals surface area (Å²) in [7, 11) is 0. The summed E-state index contributed by atoms with van der Waals surface area (Å²) in [6, 6.07) is 4.02. The molecule has 72 valence electrons. The van der Waals surface area contributed by atoms with Gasteiger partial charge >= 0.3 is 0 Å². The Kier molecular flexibility index (Phi) is 2.74. The maximum absolute atomic E-state index is 5.48. The van der Waals surface area contributed by atoms with Crippen LogP contribution in [0.25, 0.3) is 0 Å². The molecule has 2 nitrogen and oxygen atoms in total. The maximum atomic E-state index is 5.48. The predicted molar refractivity (Wildman–Crippen MR) is 54.2 cm³/mol. The summed E-state index contributed by atoms with van der Waals surface area (Å²) in [5.41, 5.74) is 0.168. The lowest BCUT2D eigenvalue weighted by atomic mass is 9.80. The van der Waals surface area contributed by atoms with E-state index in [4.69, 9.17) is 9.15 Å². The zero-order chi connectivity index (χ0) is 9.15. The minimum Gasteiger partial charge on any atom is -0.469 e. The summed E-state index contributed by atoms with van der Waals surface area (Å²) in [6.07, 6.45) is 3.84. The molecule has 1 aliphatic heterocycles. The second-order valence-corrected chi connectivity index (χ2v) is 4.06. The van der Waals surface area contributed by atoms with Crippen LogP contribution in [0.5, 0.6) is 0 Å². The monoisotopic (exact) mass is 244 g/mol. The molecule has 13 heavy (non-hydrogen) atoms. The molecular weight excluding hydrogens is 232 g/mol. The van der Waals surface area contributed by atoms with Crippen molar-refractivity contribution in [3.8, 4) is 0 Å². The topological polar surface area (TPSA) is 22.4 Å². The van der Waals surface area contributed by atoms with Gasteiger partial charge in [-0.25, -0.2) is 0 Å². The Balaban J connectivity index is 2.23. The van der Waals surface area contributed by atoms with Gasteiger partial charge in [0.15, 0.2) is 0 Å². The smallest absolute Gasteiger partial charge is 0.110 e. The lowest BCUT2D eigenvalue weighted by Crippen LogP contribution is -2.34. The van der Waals surface area contributed by atoms with E-state index in [1.54, 1.807) is 6.26 Å². The van der Waals surface area contributed by atoms with Crippen LogP contribution >= 0.6 is 15.9 Å². The number of rotatable bonds is 2. The van der Waals surface area contributed by atoms with E-state index in [2.05, 4.69) is 22.0 Å². The number of hydrogen-bond donors (Lipinski definition) is 0. The Bertz CT molecular complexity index is 250. The van der Waals surface area contributed by atoms with Gasteiger partial charge in [-0.1, -0.05) is 15.9 Å². The van der Waals surface area contributed by atoms with Crippen molar-refractivity contribution in [2.24, 2.45) is 0 Å². The van der Waals surface area contributed by atoms with Crippen LogP contribution in [0.15, 0.2) is 22.8 Å². The van der Waals surface area contributed by atoms with E-state index in [0.29, 0.717) is 0 Å². The van der Waals surface area contributed by atoms with E-state index < -0.39 is 0 Å². The number of alkyl halides is 1. The maximum Gasteiger partial charge on any atom is 0.110 e. The highest BCUT2D eigenvalue weighted by atomic mass is 79.9. The van der Waals surface area contributed by atoms with Gasteiger partial charge in [0.05, 0.1) is 6.26 Å². The fourth-order valence-corrected chi connectivity index (χ4v) is 2.63. The predicted octanol–water partition coefficient (Wildman–Crippen LogP) is 2.72. The molecule has 0 aliphatic carbocycles. The first-order valence-corrected chi connectivity index (χ1v) is 5.67. The van der Waals surface area contributed by atoms with Crippen molar-refractivity contribution in [2.75, 3.05) is 18.5 Å². The summed E-state index contributed by atoms with van der Waals surface area (Å²) < 4.78 is 10.8. The first kappa shape index (κ1) is 9.28. The molecule has 3 heteroatoms. The number of halogens is 1. The molecule has 1 aromatic heterocycles. The number of hydrogen-bond acceptors (Lipinski definition) is 2. The van der Waals surface area contributed by atoms with Crippen LogP contribution in [0.4, 0.5) is 0 Å². The molecule has 1 saturated heterocycles. The van der Waals surface area contributed by atoms with E-state index in [1.165, 1.54) is 0 Å². The van der Waals surface area contributed by atoms with Crippen molar-refractivity contribution in [3.05, 3.63) is 24.2 Å². The van der Waals surface area contributed by atoms with E-state index in [1.807, 2.05) is 6.07 Å². The second-order valence-electron chi connectivity index (χ2n) is 3.50. The zero-order valence-electron chi connectivity index (χ0n) is 7.46. The van der Waals surface area contributed by atoms with Gasteiger partial charge in [0.25, 0.3) is 0 Å². The first-order valence-electron chi connectivity index (χ1n) is 4.55. The third-order valence-corrected chi connectivity index (χ3v) is 3.82. The van der Waals surface area contributed by atoms with Gasteiger partial charge in [0.2, 0.25) is 0 Å². The largest absolute Gasteiger partial charge is 0.469 e. The average molecular weight is 245 g/mol. The van der Waals surface area contributed by atoms with Gasteiger partial charge in [-0.15, -0.1) is 0 Å². The van der Waals surface area contributed by atoms with Gasteiger partial charge in [-0.05, 0) is 25.0 Å². The molecule has 1 aliphatic rings. The van der Waals surface area contributed by atoms with Crippen molar-refractivity contribution in [1.29, 1.82) is 0 Å². The molecule has 0 unspecified atom stereocenters. The summed E-state index contributed by atoms with van der Waals surface area (Å²) >= 11 is 3.57. The summed E-state index contributed by atoms with van der Waals surface area (Å²) in [4.78, 5) is 0.